The molecule has 12 heteroatoms. The van der Waals surface area contributed by atoms with Gasteiger partial charge in [0.15, 0.2) is 0 Å². The minimum atomic E-state index is -0.674. The maximum absolute atomic E-state index is 13.3. The van der Waals surface area contributed by atoms with Gasteiger partial charge in [0.2, 0.25) is 11.8 Å². The second-order valence-electron chi connectivity index (χ2n) is 9.56. The summed E-state index contributed by atoms with van der Waals surface area (Å²) in [6.45, 7) is 0. The van der Waals surface area contributed by atoms with Crippen LogP contribution in [0.1, 0.15) is 22.3 Å². The zero-order valence-electron chi connectivity index (χ0n) is 22.8. The van der Waals surface area contributed by atoms with Crippen molar-refractivity contribution in [2.45, 2.75) is 16.6 Å². The number of nitrogens with zero attached hydrogens (tertiary/aromatic N) is 2. The minimum Gasteiger partial charge on any atom is -0.321 e. The number of hydrogen-bond donors (Lipinski definition) is 2. The Morgan fingerprint density at radius 3 is 2.20 bits per heavy atom. The van der Waals surface area contributed by atoms with Crippen molar-refractivity contribution in [1.29, 1.82) is 0 Å². The number of benzene rings is 4. The van der Waals surface area contributed by atoms with Crippen molar-refractivity contribution >= 4 is 74.5 Å². The maximum atomic E-state index is 13.3. The minimum absolute atomic E-state index is 0.0235. The molecule has 0 radical (unpaired) electrons. The Hall–Kier alpha value is -5.07. The van der Waals surface area contributed by atoms with Crippen LogP contribution in [0, 0.1) is 10.1 Å². The summed E-state index contributed by atoms with van der Waals surface area (Å²) in [6, 6.07) is 27.8. The molecular weight excluding hydrogens is 648 g/mol. The number of nitro groups is 1. The van der Waals surface area contributed by atoms with Crippen LogP contribution in [0.25, 0.3) is 6.08 Å². The highest BCUT2D eigenvalue weighted by Crippen LogP contribution is 2.35. The topological polar surface area (TPSA) is 139 Å². The van der Waals surface area contributed by atoms with Crippen LogP contribution in [0.3, 0.4) is 0 Å². The van der Waals surface area contributed by atoms with E-state index in [-0.39, 0.29) is 23.5 Å². The number of imide groups is 1. The number of anilines is 2. The van der Waals surface area contributed by atoms with E-state index in [1.807, 2.05) is 12.1 Å². The lowest BCUT2D eigenvalue weighted by Crippen LogP contribution is -2.31. The van der Waals surface area contributed by atoms with Crippen molar-refractivity contribution < 1.29 is 24.1 Å². The summed E-state index contributed by atoms with van der Waals surface area (Å²) in [4.78, 5) is 63.9. The van der Waals surface area contributed by atoms with E-state index >= 15 is 0 Å². The van der Waals surface area contributed by atoms with Crippen LogP contribution in [0.5, 0.6) is 0 Å². The fourth-order valence-electron chi connectivity index (χ4n) is 4.34. The van der Waals surface area contributed by atoms with Crippen molar-refractivity contribution in [3.05, 3.63) is 135 Å². The number of rotatable bonds is 9. The third kappa shape index (κ3) is 7.28. The van der Waals surface area contributed by atoms with Crippen molar-refractivity contribution in [3.63, 3.8) is 0 Å². The Kier molecular flexibility index (Phi) is 9.32. The Balaban J connectivity index is 1.26. The SMILES string of the molecule is O=C(Nc1ccc(SC2CC(=O)N(c3ccc([N+](=O)[O-])cc3)C2=O)cc1)/C(=C/c1ccc(Br)cc1)NC(=O)c1ccccc1. The first-order chi connectivity index (χ1) is 21.2. The summed E-state index contributed by atoms with van der Waals surface area (Å²) in [5, 5.41) is 15.7. The molecule has 1 fully saturated rings. The monoisotopic (exact) mass is 670 g/mol. The van der Waals surface area contributed by atoms with E-state index in [0.717, 1.165) is 9.37 Å². The number of hydrogen-bond acceptors (Lipinski definition) is 7. The smallest absolute Gasteiger partial charge is 0.272 e. The standard InChI is InChI=1S/C32H23BrN4O6S/c33-22-8-6-20(7-9-22)18-27(35-30(39)21-4-2-1-3-5-21)31(40)34-23-10-16-26(17-11-23)44-28-19-29(38)36(32(28)41)24-12-14-25(15-13-24)37(42)43/h1-18,28H,19H2,(H,34,40)(H,35,39)/b27-18-. The zero-order valence-corrected chi connectivity index (χ0v) is 25.2. The van der Waals surface area contributed by atoms with Gasteiger partial charge in [0, 0.05) is 39.2 Å². The molecule has 0 bridgehead atoms. The highest BCUT2D eigenvalue weighted by Gasteiger charge is 2.40. The van der Waals surface area contributed by atoms with Crippen LogP contribution in [-0.2, 0) is 14.4 Å². The molecule has 0 spiro atoms. The van der Waals surface area contributed by atoms with Gasteiger partial charge in [-0.25, -0.2) is 4.90 Å². The summed E-state index contributed by atoms with van der Waals surface area (Å²) in [5.74, 6) is -1.78. The first-order valence-electron chi connectivity index (χ1n) is 13.2. The van der Waals surface area contributed by atoms with E-state index in [2.05, 4.69) is 26.6 Å². The molecule has 1 atom stereocenters. The van der Waals surface area contributed by atoms with Crippen LogP contribution in [-0.4, -0.2) is 33.8 Å². The molecule has 4 aromatic rings. The molecule has 0 aromatic heterocycles. The molecular formula is C32H23BrN4O6S. The van der Waals surface area contributed by atoms with Crippen LogP contribution in [0.2, 0.25) is 0 Å². The van der Waals surface area contributed by atoms with Crippen molar-refractivity contribution in [1.82, 2.24) is 5.32 Å². The normalized spacial score (nSPS) is 14.8. The third-order valence-electron chi connectivity index (χ3n) is 6.52. The Labute approximate surface area is 264 Å². The molecule has 0 aliphatic carbocycles. The van der Waals surface area contributed by atoms with E-state index in [9.17, 15) is 29.3 Å². The van der Waals surface area contributed by atoms with E-state index in [4.69, 9.17) is 0 Å². The van der Waals surface area contributed by atoms with Crippen LogP contribution < -0.4 is 15.5 Å². The predicted octanol–water partition coefficient (Wildman–Crippen LogP) is 6.19. The molecule has 44 heavy (non-hydrogen) atoms. The molecule has 1 aliphatic rings. The number of nitrogens with one attached hydrogen (secondary N) is 2. The van der Waals surface area contributed by atoms with Gasteiger partial charge >= 0.3 is 0 Å². The van der Waals surface area contributed by atoms with Crippen molar-refractivity contribution in [2.75, 3.05) is 10.2 Å². The number of halogens is 1. The molecule has 2 N–H and O–H groups in total. The highest BCUT2D eigenvalue weighted by molar-refractivity contribution is 9.10. The first-order valence-corrected chi connectivity index (χ1v) is 14.9. The number of non-ortho nitro benzene ring substituents is 1. The average Bonchev–Trinajstić information content (AvgIpc) is 3.30. The van der Waals surface area contributed by atoms with E-state index in [1.165, 1.54) is 36.0 Å². The molecule has 220 valence electrons. The highest BCUT2D eigenvalue weighted by atomic mass is 79.9. The van der Waals surface area contributed by atoms with Gasteiger partial charge in [0.25, 0.3) is 17.5 Å². The molecule has 4 aromatic carbocycles. The zero-order chi connectivity index (χ0) is 31.2. The van der Waals surface area contributed by atoms with Crippen LogP contribution in [0.4, 0.5) is 17.1 Å². The Bertz CT molecular complexity index is 1760. The lowest BCUT2D eigenvalue weighted by atomic mass is 10.1. The molecule has 1 heterocycles. The van der Waals surface area contributed by atoms with E-state index in [0.29, 0.717) is 21.7 Å². The van der Waals surface area contributed by atoms with Gasteiger partial charge in [-0.3, -0.25) is 29.3 Å². The third-order valence-corrected chi connectivity index (χ3v) is 8.25. The largest absolute Gasteiger partial charge is 0.321 e. The van der Waals surface area contributed by atoms with Gasteiger partial charge in [0.1, 0.15) is 5.70 Å². The Morgan fingerprint density at radius 1 is 0.909 bits per heavy atom. The number of amides is 4. The van der Waals surface area contributed by atoms with E-state index < -0.39 is 33.8 Å². The summed E-state index contributed by atoms with van der Waals surface area (Å²) in [7, 11) is 0. The summed E-state index contributed by atoms with van der Waals surface area (Å²) in [5.41, 5.74) is 1.74. The fourth-order valence-corrected chi connectivity index (χ4v) is 5.66. The quantitative estimate of drug-likeness (QED) is 0.0937. The maximum Gasteiger partial charge on any atom is 0.272 e. The first kappa shape index (κ1) is 30.4. The van der Waals surface area contributed by atoms with E-state index in [1.54, 1.807) is 72.8 Å². The number of thioether (sulfide) groups is 1. The summed E-state index contributed by atoms with van der Waals surface area (Å²) >= 11 is 4.59. The van der Waals surface area contributed by atoms with Crippen LogP contribution >= 0.6 is 27.7 Å². The lowest BCUT2D eigenvalue weighted by Gasteiger charge is -2.15. The molecule has 1 unspecified atom stereocenters. The molecule has 1 aliphatic heterocycles. The van der Waals surface area contributed by atoms with Crippen molar-refractivity contribution in [3.8, 4) is 0 Å². The number of nitro benzene ring substituents is 1. The predicted molar refractivity (Wildman–Crippen MR) is 171 cm³/mol. The van der Waals surface area contributed by atoms with Gasteiger partial charge < -0.3 is 10.6 Å². The second kappa shape index (κ2) is 13.5. The van der Waals surface area contributed by atoms with Gasteiger partial charge in [-0.2, -0.15) is 0 Å². The number of carbonyl (C=O) groups excluding carboxylic acids is 4. The molecule has 4 amide bonds. The lowest BCUT2D eigenvalue weighted by molar-refractivity contribution is -0.384. The second-order valence-corrected chi connectivity index (χ2v) is 11.8. The van der Waals surface area contributed by atoms with Gasteiger partial charge in [-0.15, -0.1) is 11.8 Å². The fraction of sp³-hybridized carbons (Fsp3) is 0.0625. The number of carbonyl (C=O) groups is 4. The van der Waals surface area contributed by atoms with Gasteiger partial charge in [-0.1, -0.05) is 46.3 Å². The van der Waals surface area contributed by atoms with Gasteiger partial charge in [0.05, 0.1) is 15.9 Å². The van der Waals surface area contributed by atoms with Crippen molar-refractivity contribution in [2.24, 2.45) is 0 Å². The Morgan fingerprint density at radius 2 is 1.57 bits per heavy atom. The summed E-state index contributed by atoms with van der Waals surface area (Å²) in [6.07, 6.45) is 1.55. The molecule has 5 rings (SSSR count). The molecule has 10 nitrogen and oxygen atoms in total. The molecule has 1 saturated heterocycles. The van der Waals surface area contributed by atoms with Crippen LogP contribution in [0.15, 0.2) is 118 Å². The van der Waals surface area contributed by atoms with Gasteiger partial charge in [-0.05, 0) is 72.3 Å². The summed E-state index contributed by atoms with van der Waals surface area (Å²) < 4.78 is 0.870. The average molecular weight is 672 g/mol. The molecule has 0 saturated carbocycles.